The van der Waals surface area contributed by atoms with Crippen molar-refractivity contribution in [1.29, 1.82) is 0 Å². The minimum absolute atomic E-state index is 0. The van der Waals surface area contributed by atoms with Crippen molar-refractivity contribution in [3.63, 3.8) is 0 Å². The molecule has 27 heavy (non-hydrogen) atoms. The largest absolute Gasteiger partial charge is 0.314 e. The lowest BCUT2D eigenvalue weighted by Crippen LogP contribution is -2.45. The number of benzene rings is 1. The summed E-state index contributed by atoms with van der Waals surface area (Å²) in [7, 11) is -3.60. The van der Waals surface area contributed by atoms with Crippen LogP contribution in [0.4, 0.5) is 4.39 Å². The van der Waals surface area contributed by atoms with Crippen LogP contribution in [0.1, 0.15) is 25.7 Å². The van der Waals surface area contributed by atoms with Gasteiger partial charge in [-0.3, -0.25) is 0 Å². The van der Waals surface area contributed by atoms with E-state index in [0.29, 0.717) is 19.1 Å². The van der Waals surface area contributed by atoms with Gasteiger partial charge in [-0.25, -0.2) is 17.5 Å². The van der Waals surface area contributed by atoms with Gasteiger partial charge in [0.1, 0.15) is 16.4 Å². The molecule has 148 valence electrons. The zero-order valence-electron chi connectivity index (χ0n) is 14.9. The molecule has 2 aromatic rings. The van der Waals surface area contributed by atoms with Crippen LogP contribution in [-0.2, 0) is 10.0 Å². The van der Waals surface area contributed by atoms with Crippen LogP contribution in [0.25, 0.3) is 5.69 Å². The molecule has 0 spiro atoms. The Labute approximate surface area is 165 Å². The van der Waals surface area contributed by atoms with Gasteiger partial charge in [-0.2, -0.15) is 9.40 Å². The Bertz CT molecular complexity index is 877. The summed E-state index contributed by atoms with van der Waals surface area (Å²) in [5.41, 5.74) is 0.233. The molecule has 0 radical (unpaired) electrons. The summed E-state index contributed by atoms with van der Waals surface area (Å²) in [6, 6.07) is 6.55. The zero-order valence-corrected chi connectivity index (χ0v) is 16.6. The molecule has 0 amide bonds. The van der Waals surface area contributed by atoms with Crippen LogP contribution in [0.2, 0.25) is 0 Å². The van der Waals surface area contributed by atoms with Crippen molar-refractivity contribution in [2.75, 3.05) is 19.6 Å². The van der Waals surface area contributed by atoms with Gasteiger partial charge < -0.3 is 5.32 Å². The second kappa shape index (κ2) is 8.26. The van der Waals surface area contributed by atoms with E-state index < -0.39 is 15.8 Å². The van der Waals surface area contributed by atoms with Crippen molar-refractivity contribution >= 4 is 22.4 Å². The third-order valence-electron chi connectivity index (χ3n) is 5.14. The van der Waals surface area contributed by atoms with E-state index in [1.54, 1.807) is 18.2 Å². The van der Waals surface area contributed by atoms with Gasteiger partial charge in [0.25, 0.3) is 0 Å². The standard InChI is InChI=1S/C18H23FN4O2S.ClH/c19-17-3-1-2-4-18(17)23-13-16(12-21-23)26(24,25)22-9-7-15(8-10-22)20-11-14-5-6-14;/h1-4,12-15,20H,5-11H2;1H. The molecule has 0 unspecified atom stereocenters. The van der Waals surface area contributed by atoms with Crippen molar-refractivity contribution in [1.82, 2.24) is 19.4 Å². The van der Waals surface area contributed by atoms with E-state index in [0.717, 1.165) is 25.3 Å². The molecule has 4 rings (SSSR count). The van der Waals surface area contributed by atoms with Crippen LogP contribution >= 0.6 is 12.4 Å². The summed E-state index contributed by atoms with van der Waals surface area (Å²) in [4.78, 5) is 0.102. The Hall–Kier alpha value is -1.48. The molecule has 2 aliphatic rings. The van der Waals surface area contributed by atoms with Crippen molar-refractivity contribution in [3.05, 3.63) is 42.5 Å². The van der Waals surface area contributed by atoms with Gasteiger partial charge in [0, 0.05) is 19.1 Å². The van der Waals surface area contributed by atoms with Gasteiger partial charge in [-0.1, -0.05) is 12.1 Å². The molecule has 2 heterocycles. The average molecular weight is 415 g/mol. The molecular formula is C18H24ClFN4O2S. The Morgan fingerprint density at radius 1 is 1.15 bits per heavy atom. The van der Waals surface area contributed by atoms with Gasteiger partial charge in [0.05, 0.1) is 12.4 Å². The lowest BCUT2D eigenvalue weighted by Gasteiger charge is -2.31. The monoisotopic (exact) mass is 414 g/mol. The summed E-state index contributed by atoms with van der Waals surface area (Å²) in [6.07, 6.45) is 6.92. The van der Waals surface area contributed by atoms with Gasteiger partial charge in [-0.05, 0) is 50.3 Å². The fraction of sp³-hybridized carbons (Fsp3) is 0.500. The summed E-state index contributed by atoms with van der Waals surface area (Å²) >= 11 is 0. The first-order valence-electron chi connectivity index (χ1n) is 9.07. The van der Waals surface area contributed by atoms with E-state index >= 15 is 0 Å². The molecule has 0 atom stereocenters. The number of halogens is 2. The molecule has 0 bridgehead atoms. The first-order valence-corrected chi connectivity index (χ1v) is 10.5. The molecule has 1 N–H and O–H groups in total. The number of para-hydroxylation sites is 1. The van der Waals surface area contributed by atoms with Gasteiger partial charge >= 0.3 is 0 Å². The topological polar surface area (TPSA) is 67.2 Å². The maximum absolute atomic E-state index is 13.9. The lowest BCUT2D eigenvalue weighted by atomic mass is 10.1. The quantitative estimate of drug-likeness (QED) is 0.788. The number of sulfonamides is 1. The molecule has 9 heteroatoms. The molecule has 1 aliphatic carbocycles. The van der Waals surface area contributed by atoms with E-state index in [2.05, 4.69) is 10.4 Å². The smallest absolute Gasteiger partial charge is 0.246 e. The Kier molecular flexibility index (Phi) is 6.20. The molecule has 1 saturated carbocycles. The van der Waals surface area contributed by atoms with Crippen LogP contribution in [0.3, 0.4) is 0 Å². The summed E-state index contributed by atoms with van der Waals surface area (Å²) in [6.45, 7) is 2.04. The fourth-order valence-corrected chi connectivity index (χ4v) is 4.72. The number of rotatable bonds is 6. The minimum atomic E-state index is -3.60. The first-order chi connectivity index (χ1) is 12.5. The predicted octanol–water partition coefficient (Wildman–Crippen LogP) is 2.59. The van der Waals surface area contributed by atoms with E-state index in [4.69, 9.17) is 0 Å². The molecule has 6 nitrogen and oxygen atoms in total. The highest BCUT2D eigenvalue weighted by Gasteiger charge is 2.31. The number of nitrogens with zero attached hydrogens (tertiary/aromatic N) is 3. The Morgan fingerprint density at radius 3 is 2.52 bits per heavy atom. The highest BCUT2D eigenvalue weighted by atomic mass is 35.5. The average Bonchev–Trinajstić information content (AvgIpc) is 3.34. The van der Waals surface area contributed by atoms with Crippen LogP contribution in [-0.4, -0.2) is 48.2 Å². The number of aromatic nitrogens is 2. The highest BCUT2D eigenvalue weighted by molar-refractivity contribution is 7.89. The first kappa shape index (κ1) is 20.3. The second-order valence-electron chi connectivity index (χ2n) is 7.10. The minimum Gasteiger partial charge on any atom is -0.314 e. The van der Waals surface area contributed by atoms with Gasteiger partial charge in [0.15, 0.2) is 0 Å². The van der Waals surface area contributed by atoms with Crippen molar-refractivity contribution in [3.8, 4) is 5.69 Å². The second-order valence-corrected chi connectivity index (χ2v) is 9.04. The van der Waals surface area contributed by atoms with Gasteiger partial charge in [-0.15, -0.1) is 12.4 Å². The molecule has 1 aliphatic heterocycles. The van der Waals surface area contributed by atoms with Crippen LogP contribution in [0.15, 0.2) is 41.6 Å². The molecule has 1 aromatic heterocycles. The normalized spacial score (nSPS) is 19.0. The maximum atomic E-state index is 13.9. The van der Waals surface area contributed by atoms with Crippen LogP contribution in [0, 0.1) is 11.7 Å². The molecule has 2 fully saturated rings. The third-order valence-corrected chi connectivity index (χ3v) is 6.99. The molecule has 1 aromatic carbocycles. The number of hydrogen-bond donors (Lipinski definition) is 1. The summed E-state index contributed by atoms with van der Waals surface area (Å²) < 4.78 is 42.4. The highest BCUT2D eigenvalue weighted by Crippen LogP contribution is 2.28. The molecule has 1 saturated heterocycles. The molecular weight excluding hydrogens is 391 g/mol. The number of piperidine rings is 1. The van der Waals surface area contributed by atoms with Crippen molar-refractivity contribution in [2.24, 2.45) is 5.92 Å². The van der Waals surface area contributed by atoms with E-state index in [1.165, 1.54) is 40.3 Å². The van der Waals surface area contributed by atoms with E-state index in [9.17, 15) is 12.8 Å². The Morgan fingerprint density at radius 2 is 1.85 bits per heavy atom. The van der Waals surface area contributed by atoms with E-state index in [-0.39, 0.29) is 23.0 Å². The maximum Gasteiger partial charge on any atom is 0.246 e. The van der Waals surface area contributed by atoms with Gasteiger partial charge in [0.2, 0.25) is 10.0 Å². The number of nitrogens with one attached hydrogen (secondary N) is 1. The lowest BCUT2D eigenvalue weighted by molar-refractivity contribution is 0.288. The van der Waals surface area contributed by atoms with E-state index in [1.807, 2.05) is 0 Å². The van der Waals surface area contributed by atoms with Crippen molar-refractivity contribution in [2.45, 2.75) is 36.6 Å². The number of hydrogen-bond acceptors (Lipinski definition) is 4. The Balaban J connectivity index is 0.00000210. The predicted molar refractivity (Wildman–Crippen MR) is 103 cm³/mol. The SMILES string of the molecule is Cl.O=S(=O)(c1cnn(-c2ccccc2F)c1)N1CCC(NCC2CC2)CC1. The summed E-state index contributed by atoms with van der Waals surface area (Å²) in [5.74, 6) is 0.378. The summed E-state index contributed by atoms with van der Waals surface area (Å²) in [5, 5.41) is 7.59. The fourth-order valence-electron chi connectivity index (χ4n) is 3.31. The van der Waals surface area contributed by atoms with Crippen LogP contribution < -0.4 is 5.32 Å². The zero-order chi connectivity index (χ0) is 18.1. The third kappa shape index (κ3) is 4.51. The van der Waals surface area contributed by atoms with Crippen LogP contribution in [0.5, 0.6) is 0 Å². The van der Waals surface area contributed by atoms with Crippen molar-refractivity contribution < 1.29 is 12.8 Å².